The van der Waals surface area contributed by atoms with E-state index in [-0.39, 0.29) is 11.3 Å². The zero-order chi connectivity index (χ0) is 21.6. The minimum atomic E-state index is -0.833. The number of alkyl halides is 1. The lowest BCUT2D eigenvalue weighted by atomic mass is 9.46. The number of carboxylic acid groups (broad SMARTS) is 1. The molecule has 4 nitrogen and oxygen atoms in total. The molecule has 0 heterocycles. The highest BCUT2D eigenvalue weighted by atomic mass is 35.5. The molecule has 29 heavy (non-hydrogen) atoms. The zero-order valence-electron chi connectivity index (χ0n) is 18.3. The van der Waals surface area contributed by atoms with Gasteiger partial charge in [-0.2, -0.15) is 0 Å². The molecule has 3 fully saturated rings. The van der Waals surface area contributed by atoms with E-state index in [1.165, 1.54) is 37.7 Å². The molecule has 8 atom stereocenters. The molecule has 4 rings (SSSR count). The first-order valence-corrected chi connectivity index (χ1v) is 11.7. The minimum absolute atomic E-state index is 0.176. The van der Waals surface area contributed by atoms with Gasteiger partial charge in [0, 0.05) is 13.3 Å². The van der Waals surface area contributed by atoms with Crippen molar-refractivity contribution in [3.05, 3.63) is 11.6 Å². The number of hydrogen-bond donors (Lipinski definition) is 2. The third kappa shape index (κ3) is 4.04. The maximum Gasteiger partial charge on any atom is 0.300 e. The van der Waals surface area contributed by atoms with Crippen molar-refractivity contribution in [2.45, 2.75) is 84.6 Å². The van der Waals surface area contributed by atoms with Gasteiger partial charge in [0.15, 0.2) is 5.78 Å². The maximum absolute atomic E-state index is 11.9. The summed E-state index contributed by atoms with van der Waals surface area (Å²) in [6.07, 6.45) is 11.2. The van der Waals surface area contributed by atoms with Crippen molar-refractivity contribution in [3.63, 3.8) is 0 Å². The fraction of sp³-hybridized carbons (Fsp3) is 0.833. The van der Waals surface area contributed by atoms with Gasteiger partial charge in [0.25, 0.3) is 5.97 Å². The van der Waals surface area contributed by atoms with Gasteiger partial charge in [-0.25, -0.2) is 0 Å². The summed E-state index contributed by atoms with van der Waals surface area (Å²) in [5.74, 6) is 2.54. The summed E-state index contributed by atoms with van der Waals surface area (Å²) in [4.78, 5) is 20.9. The van der Waals surface area contributed by atoms with Gasteiger partial charge in [0.2, 0.25) is 0 Å². The summed E-state index contributed by atoms with van der Waals surface area (Å²) in [5.41, 5.74) is 1.32. The molecule has 0 bridgehead atoms. The molecule has 0 saturated heterocycles. The molecule has 0 aliphatic heterocycles. The smallest absolute Gasteiger partial charge is 0.300 e. The summed E-state index contributed by atoms with van der Waals surface area (Å²) in [6.45, 7) is 8.15. The van der Waals surface area contributed by atoms with Crippen LogP contribution in [0, 0.1) is 40.4 Å². The molecule has 164 valence electrons. The third-order valence-corrected chi connectivity index (χ3v) is 9.50. The molecule has 5 heteroatoms. The van der Waals surface area contributed by atoms with Gasteiger partial charge in [-0.1, -0.05) is 37.9 Å². The van der Waals surface area contributed by atoms with Crippen LogP contribution in [0.25, 0.3) is 0 Å². The van der Waals surface area contributed by atoms with Crippen molar-refractivity contribution in [3.8, 4) is 0 Å². The van der Waals surface area contributed by atoms with Gasteiger partial charge in [0.1, 0.15) is 5.56 Å². The number of aliphatic hydroxyl groups excluding tert-OH is 1. The average Bonchev–Trinajstić information content (AvgIpc) is 2.98. The predicted octanol–water partition coefficient (Wildman–Crippen LogP) is 5.42. The molecular weight excluding hydrogens is 388 g/mol. The molecular formula is C24H37ClO4. The quantitative estimate of drug-likeness (QED) is 0.580. The van der Waals surface area contributed by atoms with Crippen molar-refractivity contribution in [1.29, 1.82) is 0 Å². The molecule has 2 N–H and O–H groups in total. The SMILES string of the molecule is CC(=O)O.CC(C(O)Cl)[C@H]1CC[C@H]2[C@@H]3CCC4=CC(=O)CC[C@]4(C)[C@H]3CC[C@]12C. The standard InChI is InChI=1S/C22H33ClO2.C2H4O2/c1-13(20(23)25)17-6-7-18-16-5-4-14-12-15(24)8-10-21(14,2)19(16)9-11-22(17,18)3;1-2(3)4/h12-13,16-20,25H,4-11H2,1-3H3;1H3,(H,3,4)/t13?,16-,17+,18-,19-,20?,21-,22+;/m0./s1. The fourth-order valence-electron chi connectivity index (χ4n) is 7.66. The fourth-order valence-corrected chi connectivity index (χ4v) is 7.83. The summed E-state index contributed by atoms with van der Waals surface area (Å²) in [7, 11) is 0. The molecule has 0 aromatic rings. The largest absolute Gasteiger partial charge is 0.481 e. The summed E-state index contributed by atoms with van der Waals surface area (Å²) in [5, 5.41) is 17.4. The Kier molecular flexibility index (Phi) is 6.56. The Bertz CT molecular complexity index is 682. The van der Waals surface area contributed by atoms with Crippen molar-refractivity contribution < 1.29 is 19.8 Å². The van der Waals surface area contributed by atoms with Crippen molar-refractivity contribution >= 4 is 23.4 Å². The molecule has 4 aliphatic rings. The minimum Gasteiger partial charge on any atom is -0.481 e. The Morgan fingerprint density at radius 3 is 2.41 bits per heavy atom. The highest BCUT2D eigenvalue weighted by molar-refractivity contribution is 6.19. The number of ketones is 1. The van der Waals surface area contributed by atoms with E-state index in [1.807, 2.05) is 6.08 Å². The van der Waals surface area contributed by atoms with Crippen LogP contribution in [-0.2, 0) is 9.59 Å². The number of halogens is 1. The lowest BCUT2D eigenvalue weighted by Gasteiger charge is -2.58. The van der Waals surface area contributed by atoms with Gasteiger partial charge >= 0.3 is 0 Å². The number of carboxylic acids is 1. The van der Waals surface area contributed by atoms with E-state index in [0.717, 1.165) is 43.9 Å². The third-order valence-electron chi connectivity index (χ3n) is 9.10. The number of carbonyl (C=O) groups excluding carboxylic acids is 1. The average molecular weight is 425 g/mol. The van der Waals surface area contributed by atoms with E-state index in [1.54, 1.807) is 0 Å². The van der Waals surface area contributed by atoms with Crippen LogP contribution < -0.4 is 0 Å². The van der Waals surface area contributed by atoms with Crippen LogP contribution in [0.5, 0.6) is 0 Å². The van der Waals surface area contributed by atoms with E-state index in [9.17, 15) is 9.90 Å². The Balaban J connectivity index is 0.000000552. The van der Waals surface area contributed by atoms with Crippen LogP contribution in [0.15, 0.2) is 11.6 Å². The highest BCUT2D eigenvalue weighted by Crippen LogP contribution is 2.67. The Morgan fingerprint density at radius 2 is 1.79 bits per heavy atom. The molecule has 0 amide bonds. The first-order valence-electron chi connectivity index (χ1n) is 11.3. The van der Waals surface area contributed by atoms with Gasteiger partial charge < -0.3 is 10.2 Å². The summed E-state index contributed by atoms with van der Waals surface area (Å²) < 4.78 is 0. The summed E-state index contributed by atoms with van der Waals surface area (Å²) >= 11 is 6.08. The predicted molar refractivity (Wildman–Crippen MR) is 115 cm³/mol. The first kappa shape index (κ1) is 22.8. The van der Waals surface area contributed by atoms with Gasteiger partial charge in [-0.15, -0.1) is 0 Å². The number of fused-ring (bicyclic) bond motifs is 5. The second-order valence-electron chi connectivity index (χ2n) is 10.4. The number of carbonyl (C=O) groups is 2. The number of aliphatic hydroxyl groups is 1. The second kappa shape index (κ2) is 8.34. The molecule has 0 aromatic carbocycles. The van der Waals surface area contributed by atoms with Crippen LogP contribution in [-0.4, -0.2) is 27.5 Å². The first-order chi connectivity index (χ1) is 13.5. The lowest BCUT2D eigenvalue weighted by molar-refractivity contribution is -0.134. The monoisotopic (exact) mass is 424 g/mol. The van der Waals surface area contributed by atoms with Gasteiger partial charge in [-0.05, 0) is 91.4 Å². The normalized spacial score (nSPS) is 43.0. The van der Waals surface area contributed by atoms with Crippen LogP contribution in [0.4, 0.5) is 0 Å². The van der Waals surface area contributed by atoms with E-state index < -0.39 is 11.5 Å². The Morgan fingerprint density at radius 1 is 1.14 bits per heavy atom. The molecule has 0 radical (unpaired) electrons. The Hall–Kier alpha value is -0.870. The van der Waals surface area contributed by atoms with Gasteiger partial charge in [0.05, 0.1) is 0 Å². The van der Waals surface area contributed by atoms with Crippen LogP contribution in [0.1, 0.15) is 79.1 Å². The number of rotatable bonds is 2. The second-order valence-corrected chi connectivity index (χ2v) is 10.9. The van der Waals surface area contributed by atoms with E-state index in [2.05, 4.69) is 20.8 Å². The van der Waals surface area contributed by atoms with E-state index in [4.69, 9.17) is 21.5 Å². The van der Waals surface area contributed by atoms with Crippen molar-refractivity contribution in [1.82, 2.24) is 0 Å². The van der Waals surface area contributed by atoms with Crippen molar-refractivity contribution in [2.24, 2.45) is 40.4 Å². The highest BCUT2D eigenvalue weighted by Gasteiger charge is 2.59. The zero-order valence-corrected chi connectivity index (χ0v) is 19.0. The van der Waals surface area contributed by atoms with Gasteiger partial charge in [-0.3, -0.25) is 9.59 Å². The van der Waals surface area contributed by atoms with E-state index >= 15 is 0 Å². The molecule has 2 unspecified atom stereocenters. The van der Waals surface area contributed by atoms with E-state index in [0.29, 0.717) is 17.1 Å². The Labute approximate surface area is 180 Å². The topological polar surface area (TPSA) is 74.6 Å². The summed E-state index contributed by atoms with van der Waals surface area (Å²) in [6, 6.07) is 0. The molecule has 0 spiro atoms. The lowest BCUT2D eigenvalue weighted by Crippen LogP contribution is -2.51. The number of allylic oxidation sites excluding steroid dienone is 1. The molecule has 3 saturated carbocycles. The number of aliphatic carboxylic acids is 1. The van der Waals surface area contributed by atoms with Crippen molar-refractivity contribution in [2.75, 3.05) is 0 Å². The van der Waals surface area contributed by atoms with Crippen LogP contribution >= 0.6 is 11.6 Å². The van der Waals surface area contributed by atoms with Crippen LogP contribution in [0.3, 0.4) is 0 Å². The maximum atomic E-state index is 11.9. The number of hydrogen-bond acceptors (Lipinski definition) is 3. The van der Waals surface area contributed by atoms with Crippen LogP contribution in [0.2, 0.25) is 0 Å². The molecule has 0 aromatic heterocycles. The molecule has 4 aliphatic carbocycles.